The number of hydrogen-bond acceptors (Lipinski definition) is 3. The van der Waals surface area contributed by atoms with E-state index in [9.17, 15) is 14.4 Å². The third kappa shape index (κ3) is 2.47. The molecule has 1 rings (SSSR count). The molecule has 3 heteroatoms. The van der Waals surface area contributed by atoms with Gasteiger partial charge in [0.15, 0.2) is 0 Å². The largest absolute Gasteiger partial charge is 0.299 e. The molecule has 1 fully saturated rings. The van der Waals surface area contributed by atoms with Gasteiger partial charge in [0.1, 0.15) is 17.3 Å². The summed E-state index contributed by atoms with van der Waals surface area (Å²) in [5, 5.41) is 0. The van der Waals surface area contributed by atoms with Crippen molar-refractivity contribution in [1.82, 2.24) is 0 Å². The van der Waals surface area contributed by atoms with Gasteiger partial charge >= 0.3 is 0 Å². The Kier molecular flexibility index (Phi) is 2.96. The van der Waals surface area contributed by atoms with Crippen molar-refractivity contribution in [1.29, 1.82) is 0 Å². The second kappa shape index (κ2) is 3.81. The van der Waals surface area contributed by atoms with E-state index < -0.39 is 0 Å². The summed E-state index contributed by atoms with van der Waals surface area (Å²) in [5.74, 6) is -0.357. The van der Waals surface area contributed by atoms with Crippen molar-refractivity contribution in [2.24, 2.45) is 11.8 Å². The first-order valence-corrected chi connectivity index (χ1v) is 4.58. The van der Waals surface area contributed by atoms with Crippen molar-refractivity contribution in [2.75, 3.05) is 0 Å². The van der Waals surface area contributed by atoms with E-state index >= 15 is 0 Å². The van der Waals surface area contributed by atoms with Crippen LogP contribution >= 0.6 is 0 Å². The van der Waals surface area contributed by atoms with E-state index in [4.69, 9.17) is 0 Å². The first-order valence-electron chi connectivity index (χ1n) is 4.58. The minimum absolute atomic E-state index is 0.0217. The van der Waals surface area contributed by atoms with Gasteiger partial charge in [0.25, 0.3) is 0 Å². The van der Waals surface area contributed by atoms with E-state index in [1.165, 1.54) is 0 Å². The summed E-state index contributed by atoms with van der Waals surface area (Å²) in [5.41, 5.74) is 0. The number of carbonyl (C=O) groups excluding carboxylic acids is 3. The van der Waals surface area contributed by atoms with Gasteiger partial charge in [-0.1, -0.05) is 13.8 Å². The lowest BCUT2D eigenvalue weighted by molar-refractivity contribution is -0.128. The van der Waals surface area contributed by atoms with Crippen LogP contribution in [0.3, 0.4) is 0 Å². The molecule has 1 atom stereocenters. The number of carbonyl (C=O) groups is 3. The highest BCUT2D eigenvalue weighted by Crippen LogP contribution is 2.23. The highest BCUT2D eigenvalue weighted by Gasteiger charge is 2.32. The number of rotatable bonds is 3. The summed E-state index contributed by atoms with van der Waals surface area (Å²) in [6.45, 7) is 3.62. The monoisotopic (exact) mass is 182 g/mol. The standard InChI is InChI=1S/C10H14O3/c1-6(2)9(12)4-7-3-8(11)5-10(7)13/h6-7H,3-5H2,1-2H3. The number of Topliss-reactive ketones (excluding diaryl/α,β-unsaturated/α-hetero) is 3. The molecule has 1 aliphatic rings. The third-order valence-electron chi connectivity index (χ3n) is 2.39. The van der Waals surface area contributed by atoms with Crippen LogP contribution in [0.5, 0.6) is 0 Å². The fourth-order valence-electron chi connectivity index (χ4n) is 1.46. The maximum absolute atomic E-state index is 11.3. The first kappa shape index (κ1) is 10.1. The lowest BCUT2D eigenvalue weighted by atomic mass is 9.95. The maximum atomic E-state index is 11.3. The molecule has 0 spiro atoms. The van der Waals surface area contributed by atoms with Gasteiger partial charge < -0.3 is 0 Å². The molecule has 0 aromatic carbocycles. The van der Waals surface area contributed by atoms with Crippen LogP contribution in [0.4, 0.5) is 0 Å². The lowest BCUT2D eigenvalue weighted by Crippen LogP contribution is -2.16. The zero-order valence-electron chi connectivity index (χ0n) is 8.00. The molecule has 1 saturated carbocycles. The van der Waals surface area contributed by atoms with Crippen LogP contribution in [0, 0.1) is 11.8 Å². The predicted octanol–water partition coefficient (Wildman–Crippen LogP) is 1.15. The minimum Gasteiger partial charge on any atom is -0.299 e. The van der Waals surface area contributed by atoms with Gasteiger partial charge in [-0.2, -0.15) is 0 Å². The van der Waals surface area contributed by atoms with Crippen LogP contribution in [0.1, 0.15) is 33.1 Å². The summed E-state index contributed by atoms with van der Waals surface area (Å²) >= 11 is 0. The van der Waals surface area contributed by atoms with Crippen LogP contribution < -0.4 is 0 Å². The van der Waals surface area contributed by atoms with Crippen molar-refractivity contribution in [3.63, 3.8) is 0 Å². The van der Waals surface area contributed by atoms with Gasteiger partial charge in [0, 0.05) is 24.7 Å². The lowest BCUT2D eigenvalue weighted by Gasteiger charge is -2.07. The van der Waals surface area contributed by atoms with Crippen LogP contribution in [0.2, 0.25) is 0 Å². The molecule has 72 valence electrons. The first-order chi connectivity index (χ1) is 6.00. The smallest absolute Gasteiger partial charge is 0.144 e. The van der Waals surface area contributed by atoms with E-state index in [1.807, 2.05) is 13.8 Å². The Morgan fingerprint density at radius 2 is 2.08 bits per heavy atom. The molecule has 0 N–H and O–H groups in total. The van der Waals surface area contributed by atoms with Gasteiger partial charge in [-0.05, 0) is 0 Å². The van der Waals surface area contributed by atoms with Gasteiger partial charge in [-0.15, -0.1) is 0 Å². The summed E-state index contributed by atoms with van der Waals surface area (Å²) in [7, 11) is 0. The average Bonchev–Trinajstić information content (AvgIpc) is 2.30. The van der Waals surface area contributed by atoms with Crippen molar-refractivity contribution in [2.45, 2.75) is 33.1 Å². The van der Waals surface area contributed by atoms with E-state index in [-0.39, 0.29) is 48.4 Å². The molecule has 13 heavy (non-hydrogen) atoms. The zero-order chi connectivity index (χ0) is 10.0. The third-order valence-corrected chi connectivity index (χ3v) is 2.39. The van der Waals surface area contributed by atoms with Crippen LogP contribution in [0.25, 0.3) is 0 Å². The van der Waals surface area contributed by atoms with Crippen molar-refractivity contribution in [3.8, 4) is 0 Å². The molecule has 1 unspecified atom stereocenters. The molecule has 0 radical (unpaired) electrons. The van der Waals surface area contributed by atoms with E-state index in [0.717, 1.165) is 0 Å². The molecular formula is C10H14O3. The van der Waals surface area contributed by atoms with Gasteiger partial charge in [0.2, 0.25) is 0 Å². The van der Waals surface area contributed by atoms with Gasteiger partial charge in [-0.25, -0.2) is 0 Å². The van der Waals surface area contributed by atoms with Gasteiger partial charge in [-0.3, -0.25) is 14.4 Å². The normalized spacial score (nSPS) is 22.8. The Morgan fingerprint density at radius 1 is 1.46 bits per heavy atom. The molecule has 0 amide bonds. The SMILES string of the molecule is CC(C)C(=O)CC1CC(=O)CC1=O. The van der Waals surface area contributed by atoms with Crippen LogP contribution in [-0.2, 0) is 14.4 Å². The van der Waals surface area contributed by atoms with Crippen molar-refractivity contribution >= 4 is 17.3 Å². The second-order valence-corrected chi connectivity index (χ2v) is 3.91. The van der Waals surface area contributed by atoms with Crippen LogP contribution in [-0.4, -0.2) is 17.3 Å². The van der Waals surface area contributed by atoms with E-state index in [0.29, 0.717) is 0 Å². The Labute approximate surface area is 77.5 Å². The molecular weight excluding hydrogens is 168 g/mol. The van der Waals surface area contributed by atoms with Crippen molar-refractivity contribution in [3.05, 3.63) is 0 Å². The number of hydrogen-bond donors (Lipinski definition) is 0. The Balaban J connectivity index is 2.51. The highest BCUT2D eigenvalue weighted by molar-refractivity contribution is 6.08. The minimum atomic E-state index is -0.317. The molecule has 3 nitrogen and oxygen atoms in total. The fraction of sp³-hybridized carbons (Fsp3) is 0.700. The Hall–Kier alpha value is -0.990. The molecule has 0 aliphatic heterocycles. The Bertz CT molecular complexity index is 253. The molecule has 0 bridgehead atoms. The summed E-state index contributed by atoms with van der Waals surface area (Å²) in [4.78, 5) is 33.3. The topological polar surface area (TPSA) is 51.2 Å². The van der Waals surface area contributed by atoms with E-state index in [2.05, 4.69) is 0 Å². The molecule has 1 aliphatic carbocycles. The average molecular weight is 182 g/mol. The van der Waals surface area contributed by atoms with Crippen molar-refractivity contribution < 1.29 is 14.4 Å². The zero-order valence-corrected chi connectivity index (χ0v) is 8.00. The molecule has 0 heterocycles. The molecule has 0 aromatic heterocycles. The summed E-state index contributed by atoms with van der Waals surface area (Å²) in [6, 6.07) is 0. The highest BCUT2D eigenvalue weighted by atomic mass is 16.2. The van der Waals surface area contributed by atoms with Gasteiger partial charge in [0.05, 0.1) is 6.42 Å². The fourth-order valence-corrected chi connectivity index (χ4v) is 1.46. The van der Waals surface area contributed by atoms with Crippen LogP contribution in [0.15, 0.2) is 0 Å². The second-order valence-electron chi connectivity index (χ2n) is 3.91. The maximum Gasteiger partial charge on any atom is 0.144 e. The predicted molar refractivity (Wildman–Crippen MR) is 47.2 cm³/mol. The molecule has 0 aromatic rings. The molecule has 0 saturated heterocycles. The summed E-state index contributed by atoms with van der Waals surface area (Å²) < 4.78 is 0. The quantitative estimate of drug-likeness (QED) is 0.615. The summed E-state index contributed by atoms with van der Waals surface area (Å²) in [6.07, 6.45) is 0.565. The Morgan fingerprint density at radius 3 is 2.46 bits per heavy atom. The van der Waals surface area contributed by atoms with E-state index in [1.54, 1.807) is 0 Å². The number of ketones is 3.